The number of carbonyl (C=O) groups is 2. The standard InChI is InChI=1S/C14H23NO4/c1-10(11(2)13(18)19)12(17)15-8-14(9-16)6-4-3-5-7-14/h16H,3-9H2,1-2H3,(H,15,17)(H,18,19). The highest BCUT2D eigenvalue weighted by Gasteiger charge is 2.31. The SMILES string of the molecule is CC(C(=O)O)=C(C)C(=O)NCC1(CO)CCCCC1. The second-order valence-corrected chi connectivity index (χ2v) is 5.46. The molecular weight excluding hydrogens is 246 g/mol. The molecule has 1 fully saturated rings. The van der Waals surface area contributed by atoms with Gasteiger partial charge in [-0.1, -0.05) is 19.3 Å². The van der Waals surface area contributed by atoms with Crippen molar-refractivity contribution >= 4 is 11.9 Å². The lowest BCUT2D eigenvalue weighted by atomic mass is 9.74. The number of hydrogen-bond donors (Lipinski definition) is 3. The first-order chi connectivity index (χ1) is 8.92. The summed E-state index contributed by atoms with van der Waals surface area (Å²) in [5, 5.41) is 21.1. The second kappa shape index (κ2) is 6.70. The van der Waals surface area contributed by atoms with Crippen molar-refractivity contribution in [2.24, 2.45) is 5.41 Å². The van der Waals surface area contributed by atoms with Gasteiger partial charge in [0.25, 0.3) is 0 Å². The molecule has 1 aliphatic rings. The molecule has 0 heterocycles. The number of amides is 1. The smallest absolute Gasteiger partial charge is 0.331 e. The van der Waals surface area contributed by atoms with Crippen LogP contribution in [0.4, 0.5) is 0 Å². The second-order valence-electron chi connectivity index (χ2n) is 5.46. The third-order valence-corrected chi connectivity index (χ3v) is 4.10. The van der Waals surface area contributed by atoms with Crippen LogP contribution in [0.25, 0.3) is 0 Å². The summed E-state index contributed by atoms with van der Waals surface area (Å²) in [5.74, 6) is -1.44. The van der Waals surface area contributed by atoms with E-state index in [-0.39, 0.29) is 29.1 Å². The topological polar surface area (TPSA) is 86.6 Å². The van der Waals surface area contributed by atoms with E-state index in [4.69, 9.17) is 5.11 Å². The maximum Gasteiger partial charge on any atom is 0.331 e. The van der Waals surface area contributed by atoms with Gasteiger partial charge in [0, 0.05) is 23.1 Å². The highest BCUT2D eigenvalue weighted by molar-refractivity contribution is 6.01. The Morgan fingerprint density at radius 1 is 1.11 bits per heavy atom. The van der Waals surface area contributed by atoms with Crippen molar-refractivity contribution in [2.75, 3.05) is 13.2 Å². The zero-order chi connectivity index (χ0) is 14.5. The fraction of sp³-hybridized carbons (Fsp3) is 0.714. The first-order valence-electron chi connectivity index (χ1n) is 6.72. The number of aliphatic hydroxyl groups excluding tert-OH is 1. The molecule has 0 spiro atoms. The van der Waals surface area contributed by atoms with Crippen molar-refractivity contribution in [1.29, 1.82) is 0 Å². The fourth-order valence-corrected chi connectivity index (χ4v) is 2.42. The molecule has 3 N–H and O–H groups in total. The van der Waals surface area contributed by atoms with Crippen molar-refractivity contribution in [2.45, 2.75) is 46.0 Å². The average Bonchev–Trinajstić information content (AvgIpc) is 2.44. The third-order valence-electron chi connectivity index (χ3n) is 4.10. The van der Waals surface area contributed by atoms with Crippen molar-refractivity contribution in [1.82, 2.24) is 5.32 Å². The van der Waals surface area contributed by atoms with Crippen molar-refractivity contribution in [3.63, 3.8) is 0 Å². The summed E-state index contributed by atoms with van der Waals surface area (Å²) >= 11 is 0. The highest BCUT2D eigenvalue weighted by atomic mass is 16.4. The molecule has 0 bridgehead atoms. The van der Waals surface area contributed by atoms with Crippen LogP contribution in [0.1, 0.15) is 46.0 Å². The molecule has 0 saturated heterocycles. The van der Waals surface area contributed by atoms with Gasteiger partial charge in [0.15, 0.2) is 0 Å². The Kier molecular flexibility index (Phi) is 5.54. The molecule has 0 atom stereocenters. The monoisotopic (exact) mass is 269 g/mol. The van der Waals surface area contributed by atoms with Gasteiger partial charge in [-0.15, -0.1) is 0 Å². The Bertz CT molecular complexity index is 381. The highest BCUT2D eigenvalue weighted by Crippen LogP contribution is 2.35. The van der Waals surface area contributed by atoms with E-state index in [2.05, 4.69) is 5.32 Å². The number of aliphatic carboxylic acids is 1. The molecule has 0 aromatic heterocycles. The van der Waals surface area contributed by atoms with Crippen LogP contribution < -0.4 is 5.32 Å². The van der Waals surface area contributed by atoms with Gasteiger partial charge in [0.05, 0.1) is 6.61 Å². The third kappa shape index (κ3) is 4.06. The van der Waals surface area contributed by atoms with Crippen LogP contribution in [0, 0.1) is 5.41 Å². The molecule has 0 radical (unpaired) electrons. The van der Waals surface area contributed by atoms with Gasteiger partial charge in [-0.2, -0.15) is 0 Å². The minimum atomic E-state index is -1.08. The van der Waals surface area contributed by atoms with Crippen LogP contribution in [0.3, 0.4) is 0 Å². The summed E-state index contributed by atoms with van der Waals surface area (Å²) in [6, 6.07) is 0. The van der Waals surface area contributed by atoms with E-state index >= 15 is 0 Å². The molecule has 1 aliphatic carbocycles. The summed E-state index contributed by atoms with van der Waals surface area (Å²) in [4.78, 5) is 22.7. The first kappa shape index (κ1) is 15.7. The summed E-state index contributed by atoms with van der Waals surface area (Å²) in [5.41, 5.74) is 0.0429. The van der Waals surface area contributed by atoms with Gasteiger partial charge in [-0.05, 0) is 26.7 Å². The summed E-state index contributed by atoms with van der Waals surface area (Å²) in [6.07, 6.45) is 5.13. The van der Waals surface area contributed by atoms with Gasteiger partial charge < -0.3 is 15.5 Å². The van der Waals surface area contributed by atoms with Crippen molar-refractivity contribution in [3.8, 4) is 0 Å². The van der Waals surface area contributed by atoms with Crippen molar-refractivity contribution in [3.05, 3.63) is 11.1 Å². The fourth-order valence-electron chi connectivity index (χ4n) is 2.42. The minimum Gasteiger partial charge on any atom is -0.478 e. The van der Waals surface area contributed by atoms with Crippen LogP contribution in [-0.2, 0) is 9.59 Å². The van der Waals surface area contributed by atoms with E-state index in [1.54, 1.807) is 0 Å². The van der Waals surface area contributed by atoms with Gasteiger partial charge >= 0.3 is 5.97 Å². The lowest BCUT2D eigenvalue weighted by molar-refractivity contribution is -0.133. The predicted octanol–water partition coefficient (Wildman–Crippen LogP) is 1.47. The number of carbonyl (C=O) groups excluding carboxylic acids is 1. The van der Waals surface area contributed by atoms with Crippen LogP contribution in [-0.4, -0.2) is 35.2 Å². The maximum absolute atomic E-state index is 11.9. The largest absolute Gasteiger partial charge is 0.478 e. The molecule has 19 heavy (non-hydrogen) atoms. The zero-order valence-electron chi connectivity index (χ0n) is 11.7. The molecule has 1 saturated carbocycles. The molecule has 108 valence electrons. The predicted molar refractivity (Wildman–Crippen MR) is 71.6 cm³/mol. The van der Waals surface area contributed by atoms with Crippen molar-refractivity contribution < 1.29 is 19.8 Å². The van der Waals surface area contributed by atoms with E-state index in [0.717, 1.165) is 25.7 Å². The van der Waals surface area contributed by atoms with Crippen LogP contribution in [0.5, 0.6) is 0 Å². The minimum absolute atomic E-state index is 0.0548. The van der Waals surface area contributed by atoms with E-state index in [1.165, 1.54) is 20.3 Å². The number of carboxylic acid groups (broad SMARTS) is 1. The Hall–Kier alpha value is -1.36. The molecule has 0 aromatic carbocycles. The molecule has 0 aromatic rings. The number of hydrogen-bond acceptors (Lipinski definition) is 3. The van der Waals surface area contributed by atoms with E-state index < -0.39 is 5.97 Å². The maximum atomic E-state index is 11.9. The Balaban J connectivity index is 2.62. The number of carboxylic acids is 1. The summed E-state index contributed by atoms with van der Waals surface area (Å²) in [6.45, 7) is 3.39. The number of aliphatic hydroxyl groups is 1. The van der Waals surface area contributed by atoms with Crippen LogP contribution in [0.2, 0.25) is 0 Å². The molecule has 1 amide bonds. The van der Waals surface area contributed by atoms with E-state index in [1.807, 2.05) is 0 Å². The van der Waals surface area contributed by atoms with Gasteiger partial charge in [0.1, 0.15) is 0 Å². The Morgan fingerprint density at radius 3 is 2.16 bits per heavy atom. The lowest BCUT2D eigenvalue weighted by Gasteiger charge is -2.35. The van der Waals surface area contributed by atoms with Gasteiger partial charge in [-0.3, -0.25) is 4.79 Å². The molecule has 5 nitrogen and oxygen atoms in total. The molecule has 0 unspecified atom stereocenters. The molecule has 5 heteroatoms. The zero-order valence-corrected chi connectivity index (χ0v) is 11.7. The summed E-state index contributed by atoms with van der Waals surface area (Å²) < 4.78 is 0. The number of nitrogens with one attached hydrogen (secondary N) is 1. The van der Waals surface area contributed by atoms with Crippen LogP contribution in [0.15, 0.2) is 11.1 Å². The van der Waals surface area contributed by atoms with Gasteiger partial charge in [-0.25, -0.2) is 4.79 Å². The van der Waals surface area contributed by atoms with E-state index in [0.29, 0.717) is 6.54 Å². The molecular formula is C14H23NO4. The first-order valence-corrected chi connectivity index (χ1v) is 6.72. The quantitative estimate of drug-likeness (QED) is 0.660. The summed E-state index contributed by atoms with van der Waals surface area (Å²) in [7, 11) is 0. The lowest BCUT2D eigenvalue weighted by Crippen LogP contribution is -2.41. The normalized spacial score (nSPS) is 19.5. The average molecular weight is 269 g/mol. The van der Waals surface area contributed by atoms with Crippen LogP contribution >= 0.6 is 0 Å². The van der Waals surface area contributed by atoms with Gasteiger partial charge in [0.2, 0.25) is 5.91 Å². The molecule has 0 aliphatic heterocycles. The van der Waals surface area contributed by atoms with E-state index in [9.17, 15) is 14.7 Å². The Morgan fingerprint density at radius 2 is 1.68 bits per heavy atom. The Labute approximate surface area is 113 Å². The molecule has 1 rings (SSSR count). The number of rotatable bonds is 5.